The number of carboxylic acid groups (broad SMARTS) is 1. The number of hydrogen-bond acceptors (Lipinski definition) is 4. The molecule has 0 spiro atoms. The number of halogens is 3. The molecule has 0 radical (unpaired) electrons. The third-order valence-electron chi connectivity index (χ3n) is 6.32. The molecule has 1 aliphatic heterocycles. The lowest BCUT2D eigenvalue weighted by Crippen LogP contribution is -2.48. The van der Waals surface area contributed by atoms with E-state index in [0.717, 1.165) is 41.0 Å². The molecule has 1 aromatic heterocycles. The van der Waals surface area contributed by atoms with E-state index in [1.54, 1.807) is 17.2 Å². The first-order valence-corrected chi connectivity index (χ1v) is 11.6. The molecule has 2 atom stereocenters. The van der Waals surface area contributed by atoms with Gasteiger partial charge in [0.2, 0.25) is 0 Å². The quantitative estimate of drug-likeness (QED) is 0.423. The van der Waals surface area contributed by atoms with Gasteiger partial charge >= 0.3 is 5.97 Å². The van der Waals surface area contributed by atoms with E-state index in [2.05, 4.69) is 4.98 Å². The highest BCUT2D eigenvalue weighted by Crippen LogP contribution is 2.42. The number of benzene rings is 2. The third-order valence-corrected chi connectivity index (χ3v) is 6.32. The lowest BCUT2D eigenvalue weighted by Gasteiger charge is -2.44. The monoisotopic (exact) mass is 495 g/mol. The van der Waals surface area contributed by atoms with Crippen molar-refractivity contribution in [3.63, 3.8) is 0 Å². The fourth-order valence-corrected chi connectivity index (χ4v) is 4.81. The SMILES string of the molecule is C[C@@H]1Cc2cc(-c3ccc(N)nc3)ccc2[C@@H](c2c(F)cc(/C=C/C(=O)O)cc2F)N1CC(C)(C)F. The van der Waals surface area contributed by atoms with E-state index in [1.807, 2.05) is 31.2 Å². The Morgan fingerprint density at radius 3 is 2.42 bits per heavy atom. The Hall–Kier alpha value is -3.65. The molecule has 1 aliphatic rings. The number of fused-ring (bicyclic) bond motifs is 1. The molecule has 4 rings (SSSR count). The molecule has 3 aromatic rings. The number of alkyl halides is 1. The molecule has 2 aromatic carbocycles. The van der Waals surface area contributed by atoms with E-state index in [9.17, 15) is 9.18 Å². The number of hydrogen-bond donors (Lipinski definition) is 2. The van der Waals surface area contributed by atoms with Gasteiger partial charge in [-0.15, -0.1) is 0 Å². The number of anilines is 1. The topological polar surface area (TPSA) is 79.4 Å². The summed E-state index contributed by atoms with van der Waals surface area (Å²) in [7, 11) is 0. The molecule has 0 saturated heterocycles. The molecule has 5 nitrogen and oxygen atoms in total. The van der Waals surface area contributed by atoms with Crippen molar-refractivity contribution in [1.82, 2.24) is 9.88 Å². The van der Waals surface area contributed by atoms with Crippen molar-refractivity contribution in [2.45, 2.75) is 44.9 Å². The molecule has 2 heterocycles. The summed E-state index contributed by atoms with van der Waals surface area (Å²) in [5.74, 6) is -2.46. The maximum atomic E-state index is 15.5. The summed E-state index contributed by atoms with van der Waals surface area (Å²) in [6.07, 6.45) is 4.19. The maximum absolute atomic E-state index is 15.5. The van der Waals surface area contributed by atoms with E-state index >= 15 is 8.78 Å². The van der Waals surface area contributed by atoms with E-state index in [1.165, 1.54) is 13.8 Å². The molecule has 0 bridgehead atoms. The van der Waals surface area contributed by atoms with Crippen molar-refractivity contribution in [1.29, 1.82) is 0 Å². The van der Waals surface area contributed by atoms with Crippen LogP contribution in [-0.2, 0) is 11.2 Å². The Kier molecular flexibility index (Phi) is 6.91. The Bertz CT molecular complexity index is 1290. The second-order valence-corrected chi connectivity index (χ2v) is 9.80. The fourth-order valence-electron chi connectivity index (χ4n) is 4.81. The third kappa shape index (κ3) is 5.44. The zero-order chi connectivity index (χ0) is 26.2. The van der Waals surface area contributed by atoms with Crippen LogP contribution in [0.25, 0.3) is 17.2 Å². The predicted octanol–water partition coefficient (Wildman–Crippen LogP) is 5.79. The minimum absolute atomic E-state index is 0.0263. The Morgan fingerprint density at radius 1 is 1.17 bits per heavy atom. The second-order valence-electron chi connectivity index (χ2n) is 9.80. The predicted molar refractivity (Wildman–Crippen MR) is 134 cm³/mol. The van der Waals surface area contributed by atoms with Crippen LogP contribution in [-0.4, -0.2) is 39.2 Å². The maximum Gasteiger partial charge on any atom is 0.328 e. The summed E-state index contributed by atoms with van der Waals surface area (Å²) in [4.78, 5) is 16.8. The molecular weight excluding hydrogens is 467 g/mol. The zero-order valence-electron chi connectivity index (χ0n) is 20.3. The highest BCUT2D eigenvalue weighted by molar-refractivity contribution is 5.85. The second kappa shape index (κ2) is 9.78. The first kappa shape index (κ1) is 25.4. The number of aliphatic carboxylic acids is 1. The van der Waals surface area contributed by atoms with Gasteiger partial charge in [-0.1, -0.05) is 18.2 Å². The van der Waals surface area contributed by atoms with Crippen LogP contribution in [0.2, 0.25) is 0 Å². The van der Waals surface area contributed by atoms with Crippen LogP contribution >= 0.6 is 0 Å². The largest absolute Gasteiger partial charge is 0.478 e. The Labute approximate surface area is 208 Å². The fraction of sp³-hybridized carbons (Fsp3) is 0.286. The smallest absolute Gasteiger partial charge is 0.328 e. The molecule has 0 fully saturated rings. The highest BCUT2D eigenvalue weighted by Gasteiger charge is 2.39. The van der Waals surface area contributed by atoms with E-state index < -0.39 is 29.3 Å². The van der Waals surface area contributed by atoms with Crippen molar-refractivity contribution in [3.05, 3.63) is 88.6 Å². The summed E-state index contributed by atoms with van der Waals surface area (Å²) < 4.78 is 45.8. The molecule has 0 unspecified atom stereocenters. The van der Waals surface area contributed by atoms with Crippen LogP contribution < -0.4 is 5.73 Å². The summed E-state index contributed by atoms with van der Waals surface area (Å²) in [6, 6.07) is 10.3. The van der Waals surface area contributed by atoms with Crippen LogP contribution in [0.5, 0.6) is 0 Å². The Balaban J connectivity index is 1.85. The number of rotatable bonds is 6. The number of carbonyl (C=O) groups is 1. The van der Waals surface area contributed by atoms with Crippen LogP contribution in [0.1, 0.15) is 49.1 Å². The van der Waals surface area contributed by atoms with Crippen LogP contribution in [0.3, 0.4) is 0 Å². The number of pyridine rings is 1. The minimum Gasteiger partial charge on any atom is -0.478 e. The van der Waals surface area contributed by atoms with Crippen LogP contribution in [0.4, 0.5) is 19.0 Å². The molecule has 188 valence electrons. The zero-order valence-corrected chi connectivity index (χ0v) is 20.3. The van der Waals surface area contributed by atoms with Crippen LogP contribution in [0, 0.1) is 11.6 Å². The minimum atomic E-state index is -1.60. The van der Waals surface area contributed by atoms with Gasteiger partial charge in [0.05, 0.1) is 6.04 Å². The average Bonchev–Trinajstić information content (AvgIpc) is 2.78. The number of nitrogens with zero attached hydrogens (tertiary/aromatic N) is 2. The Morgan fingerprint density at radius 2 is 1.83 bits per heavy atom. The molecule has 0 amide bonds. The van der Waals surface area contributed by atoms with Crippen molar-refractivity contribution in [2.24, 2.45) is 0 Å². The van der Waals surface area contributed by atoms with Gasteiger partial charge in [-0.25, -0.2) is 22.9 Å². The summed E-state index contributed by atoms with van der Waals surface area (Å²) in [5.41, 5.74) is 7.34. The van der Waals surface area contributed by atoms with Gasteiger partial charge in [0.15, 0.2) is 0 Å². The summed E-state index contributed by atoms with van der Waals surface area (Å²) >= 11 is 0. The molecular formula is C28H28F3N3O2. The van der Waals surface area contributed by atoms with E-state index in [-0.39, 0.29) is 23.7 Å². The van der Waals surface area contributed by atoms with Gasteiger partial charge in [-0.05, 0) is 79.8 Å². The molecule has 3 N–H and O–H groups in total. The van der Waals surface area contributed by atoms with E-state index in [0.29, 0.717) is 17.8 Å². The van der Waals surface area contributed by atoms with Crippen LogP contribution in [0.15, 0.2) is 54.7 Å². The molecule has 8 heteroatoms. The van der Waals surface area contributed by atoms with Crippen molar-refractivity contribution >= 4 is 17.9 Å². The summed E-state index contributed by atoms with van der Waals surface area (Å²) in [5, 5.41) is 8.84. The van der Waals surface area contributed by atoms with Crippen molar-refractivity contribution in [3.8, 4) is 11.1 Å². The van der Waals surface area contributed by atoms with Crippen molar-refractivity contribution in [2.75, 3.05) is 12.3 Å². The van der Waals surface area contributed by atoms with E-state index in [4.69, 9.17) is 10.8 Å². The van der Waals surface area contributed by atoms with Gasteiger partial charge in [0.25, 0.3) is 0 Å². The first-order chi connectivity index (χ1) is 16.9. The number of nitrogens with two attached hydrogens (primary N) is 1. The molecule has 0 saturated carbocycles. The normalized spacial score (nSPS) is 18.4. The standard InChI is InChI=1S/C28H28F3N3O2/c1-16-10-20-13-18(19-6-8-24(32)33-14-19)5-7-21(20)27(34(16)15-28(2,3)31)26-22(29)11-17(12-23(26)30)4-9-25(35)36/h4-9,11-14,16,27H,10,15H2,1-3H3,(H2,32,33)(H,35,36)/b9-4+/t16-,27+/m1/s1. The summed E-state index contributed by atoms with van der Waals surface area (Å²) in [6.45, 7) is 4.77. The van der Waals surface area contributed by atoms with Gasteiger partial charge in [-0.3, -0.25) is 4.90 Å². The number of nitrogen functional groups attached to an aromatic ring is 1. The van der Waals surface area contributed by atoms with Gasteiger partial charge in [-0.2, -0.15) is 0 Å². The lowest BCUT2D eigenvalue weighted by atomic mass is 9.82. The van der Waals surface area contributed by atoms with Gasteiger partial charge in [0, 0.05) is 36.0 Å². The molecule has 0 aliphatic carbocycles. The first-order valence-electron chi connectivity index (χ1n) is 11.6. The lowest BCUT2D eigenvalue weighted by molar-refractivity contribution is -0.131. The number of aromatic nitrogens is 1. The average molecular weight is 496 g/mol. The van der Waals surface area contributed by atoms with Gasteiger partial charge < -0.3 is 10.8 Å². The van der Waals surface area contributed by atoms with Crippen molar-refractivity contribution < 1.29 is 23.1 Å². The highest BCUT2D eigenvalue weighted by atomic mass is 19.1. The molecule has 36 heavy (non-hydrogen) atoms. The van der Waals surface area contributed by atoms with Gasteiger partial charge in [0.1, 0.15) is 23.1 Å². The number of carboxylic acids is 1.